The van der Waals surface area contributed by atoms with Crippen LogP contribution in [0.25, 0.3) is 11.5 Å². The van der Waals surface area contributed by atoms with Crippen molar-refractivity contribution in [2.24, 2.45) is 0 Å². The fourth-order valence-corrected chi connectivity index (χ4v) is 3.29. The molecule has 1 atom stereocenters. The molecule has 0 saturated carbocycles. The van der Waals surface area contributed by atoms with Crippen LogP contribution in [0, 0.1) is 0 Å². The Bertz CT molecular complexity index is 850. The van der Waals surface area contributed by atoms with E-state index in [0.717, 1.165) is 16.8 Å². The molecule has 0 spiro atoms. The highest BCUT2D eigenvalue weighted by molar-refractivity contribution is 7.99. The Morgan fingerprint density at radius 1 is 1.19 bits per heavy atom. The number of carbonyl (C=O) groups excluding carboxylic acids is 1. The second kappa shape index (κ2) is 8.92. The summed E-state index contributed by atoms with van der Waals surface area (Å²) in [5.74, 6) is 1.58. The summed E-state index contributed by atoms with van der Waals surface area (Å²) in [5, 5.41) is 3.67. The molecule has 0 bridgehead atoms. The average Bonchev–Trinajstić information content (AvgIpc) is 3.12. The molecular weight excluding hydrogens is 368 g/mol. The van der Waals surface area contributed by atoms with E-state index in [1.807, 2.05) is 61.5 Å². The van der Waals surface area contributed by atoms with Crippen molar-refractivity contribution in [3.63, 3.8) is 0 Å². The summed E-state index contributed by atoms with van der Waals surface area (Å²) in [6.07, 6.45) is 1.64. The van der Waals surface area contributed by atoms with E-state index in [1.54, 1.807) is 6.26 Å². The maximum Gasteiger partial charge on any atom is 0.230 e. The quantitative estimate of drug-likeness (QED) is 0.613. The molecule has 0 saturated heterocycles. The molecule has 1 heterocycles. The molecular formula is C20H19ClN2O2S. The Morgan fingerprint density at radius 2 is 1.92 bits per heavy atom. The molecule has 26 heavy (non-hydrogen) atoms. The maximum absolute atomic E-state index is 12.1. The largest absolute Gasteiger partial charge is 0.444 e. The van der Waals surface area contributed by atoms with Crippen LogP contribution in [0.15, 0.2) is 65.3 Å². The zero-order valence-corrected chi connectivity index (χ0v) is 15.9. The van der Waals surface area contributed by atoms with E-state index in [2.05, 4.69) is 10.3 Å². The average molecular weight is 387 g/mol. The number of thioether (sulfide) groups is 1. The van der Waals surface area contributed by atoms with E-state index in [9.17, 15) is 4.79 Å². The van der Waals surface area contributed by atoms with Gasteiger partial charge in [0.15, 0.2) is 0 Å². The lowest BCUT2D eigenvalue weighted by molar-refractivity contribution is -0.119. The molecule has 3 rings (SSSR count). The van der Waals surface area contributed by atoms with Crippen molar-refractivity contribution >= 4 is 29.3 Å². The van der Waals surface area contributed by atoms with Gasteiger partial charge in [-0.05, 0) is 36.8 Å². The first kappa shape index (κ1) is 18.5. The Balaban J connectivity index is 1.45. The first-order valence-corrected chi connectivity index (χ1v) is 9.77. The van der Waals surface area contributed by atoms with Gasteiger partial charge in [-0.2, -0.15) is 0 Å². The molecule has 0 aliphatic carbocycles. The predicted octanol–water partition coefficient (Wildman–Crippen LogP) is 5.11. The van der Waals surface area contributed by atoms with Crippen molar-refractivity contribution in [3.8, 4) is 11.5 Å². The molecule has 0 aliphatic heterocycles. The maximum atomic E-state index is 12.1. The number of aromatic nitrogens is 1. The van der Waals surface area contributed by atoms with E-state index in [-0.39, 0.29) is 11.9 Å². The smallest absolute Gasteiger partial charge is 0.230 e. The fourth-order valence-electron chi connectivity index (χ4n) is 2.45. The van der Waals surface area contributed by atoms with E-state index >= 15 is 0 Å². The molecule has 1 amide bonds. The van der Waals surface area contributed by atoms with Crippen molar-refractivity contribution in [2.75, 3.05) is 5.75 Å². The summed E-state index contributed by atoms with van der Waals surface area (Å²) in [7, 11) is 0. The van der Waals surface area contributed by atoms with Gasteiger partial charge in [0.05, 0.1) is 17.5 Å². The molecule has 4 nitrogen and oxygen atoms in total. The number of carbonyl (C=O) groups is 1. The van der Waals surface area contributed by atoms with Crippen LogP contribution in [0.3, 0.4) is 0 Å². The Hall–Kier alpha value is -2.24. The summed E-state index contributed by atoms with van der Waals surface area (Å²) in [6.45, 7) is 1.95. The van der Waals surface area contributed by atoms with Gasteiger partial charge in [-0.15, -0.1) is 11.8 Å². The number of rotatable bonds is 7. The minimum absolute atomic E-state index is 0.00997. The standard InChI is InChI=1S/C20H19ClN2O2S/c1-14(15-7-9-17(21)10-8-15)22-19(24)13-26-12-18-11-25-20(23-18)16-5-3-2-4-6-16/h2-11,14H,12-13H2,1H3,(H,22,24). The van der Waals surface area contributed by atoms with Crippen LogP contribution in [0.5, 0.6) is 0 Å². The van der Waals surface area contributed by atoms with E-state index in [0.29, 0.717) is 22.4 Å². The van der Waals surface area contributed by atoms with Gasteiger partial charge in [-0.25, -0.2) is 4.98 Å². The lowest BCUT2D eigenvalue weighted by Crippen LogP contribution is -2.28. The number of benzene rings is 2. The van der Waals surface area contributed by atoms with Gasteiger partial charge in [0.1, 0.15) is 6.26 Å². The topological polar surface area (TPSA) is 55.1 Å². The van der Waals surface area contributed by atoms with E-state index in [4.69, 9.17) is 16.0 Å². The van der Waals surface area contributed by atoms with Crippen LogP contribution in [0.1, 0.15) is 24.2 Å². The van der Waals surface area contributed by atoms with E-state index in [1.165, 1.54) is 11.8 Å². The van der Waals surface area contributed by atoms with Crippen molar-refractivity contribution in [1.29, 1.82) is 0 Å². The molecule has 0 radical (unpaired) electrons. The number of nitrogens with zero attached hydrogens (tertiary/aromatic N) is 1. The molecule has 1 N–H and O–H groups in total. The second-order valence-electron chi connectivity index (χ2n) is 5.84. The van der Waals surface area contributed by atoms with Crippen LogP contribution >= 0.6 is 23.4 Å². The molecule has 0 aliphatic rings. The third-order valence-electron chi connectivity index (χ3n) is 3.80. The summed E-state index contributed by atoms with van der Waals surface area (Å²) >= 11 is 7.39. The first-order chi connectivity index (χ1) is 12.6. The van der Waals surface area contributed by atoms with Gasteiger partial charge in [-0.1, -0.05) is 41.9 Å². The predicted molar refractivity (Wildman–Crippen MR) is 106 cm³/mol. The fraction of sp³-hybridized carbons (Fsp3) is 0.200. The number of halogens is 1. The van der Waals surface area contributed by atoms with Crippen LogP contribution in [-0.2, 0) is 10.5 Å². The van der Waals surface area contributed by atoms with Gasteiger partial charge < -0.3 is 9.73 Å². The number of nitrogens with one attached hydrogen (secondary N) is 1. The molecule has 3 aromatic rings. The monoisotopic (exact) mass is 386 g/mol. The number of oxazole rings is 1. The SMILES string of the molecule is CC(NC(=O)CSCc1coc(-c2ccccc2)n1)c1ccc(Cl)cc1. The molecule has 1 aromatic heterocycles. The number of hydrogen-bond donors (Lipinski definition) is 1. The minimum atomic E-state index is -0.0582. The van der Waals surface area contributed by atoms with Crippen molar-refractivity contribution in [1.82, 2.24) is 10.3 Å². The zero-order chi connectivity index (χ0) is 18.4. The number of amides is 1. The van der Waals surface area contributed by atoms with E-state index < -0.39 is 0 Å². The normalized spacial score (nSPS) is 11.9. The van der Waals surface area contributed by atoms with Gasteiger partial charge in [0.25, 0.3) is 0 Å². The molecule has 6 heteroatoms. The Kier molecular flexibility index (Phi) is 6.36. The molecule has 0 fully saturated rings. The van der Waals surface area contributed by atoms with Crippen LogP contribution in [-0.4, -0.2) is 16.6 Å². The molecule has 2 aromatic carbocycles. The summed E-state index contributed by atoms with van der Waals surface area (Å²) < 4.78 is 5.50. The van der Waals surface area contributed by atoms with Crippen molar-refractivity contribution in [3.05, 3.63) is 77.1 Å². The number of hydrogen-bond acceptors (Lipinski definition) is 4. The third kappa shape index (κ3) is 5.13. The van der Waals surface area contributed by atoms with Gasteiger partial charge in [0, 0.05) is 16.3 Å². The second-order valence-corrected chi connectivity index (χ2v) is 7.27. The van der Waals surface area contributed by atoms with Crippen molar-refractivity contribution < 1.29 is 9.21 Å². The highest BCUT2D eigenvalue weighted by atomic mass is 35.5. The van der Waals surface area contributed by atoms with Gasteiger partial charge >= 0.3 is 0 Å². The van der Waals surface area contributed by atoms with Crippen LogP contribution in [0.4, 0.5) is 0 Å². The first-order valence-electron chi connectivity index (χ1n) is 8.24. The molecule has 1 unspecified atom stereocenters. The summed E-state index contributed by atoms with van der Waals surface area (Å²) in [4.78, 5) is 16.6. The van der Waals surface area contributed by atoms with Gasteiger partial charge in [0.2, 0.25) is 11.8 Å². The Morgan fingerprint density at radius 3 is 2.65 bits per heavy atom. The van der Waals surface area contributed by atoms with Gasteiger partial charge in [-0.3, -0.25) is 4.79 Å². The zero-order valence-electron chi connectivity index (χ0n) is 14.3. The van der Waals surface area contributed by atoms with Crippen LogP contribution in [0.2, 0.25) is 5.02 Å². The summed E-state index contributed by atoms with van der Waals surface area (Å²) in [6, 6.07) is 17.2. The lowest BCUT2D eigenvalue weighted by atomic mass is 10.1. The van der Waals surface area contributed by atoms with Crippen LogP contribution < -0.4 is 5.32 Å². The summed E-state index contributed by atoms with van der Waals surface area (Å²) in [5.41, 5.74) is 2.79. The van der Waals surface area contributed by atoms with Crippen molar-refractivity contribution in [2.45, 2.75) is 18.7 Å². The minimum Gasteiger partial charge on any atom is -0.444 e. The highest BCUT2D eigenvalue weighted by Crippen LogP contribution is 2.21. The third-order valence-corrected chi connectivity index (χ3v) is 5.02. The Labute approximate surface area is 162 Å². The molecule has 134 valence electrons. The lowest BCUT2D eigenvalue weighted by Gasteiger charge is -2.14. The highest BCUT2D eigenvalue weighted by Gasteiger charge is 2.11.